The van der Waals surface area contributed by atoms with Gasteiger partial charge >= 0.3 is 24.5 Å². The van der Waals surface area contributed by atoms with Crippen molar-refractivity contribution in [3.8, 4) is 0 Å². The summed E-state index contributed by atoms with van der Waals surface area (Å²) in [6, 6.07) is 10.3. The average molecular weight is 644 g/mol. The summed E-state index contributed by atoms with van der Waals surface area (Å²) in [5.74, 6) is -2.04. The molecule has 0 aliphatic carbocycles. The zero-order chi connectivity index (χ0) is 32.4. The first kappa shape index (κ1) is 33.5. The molecule has 17 heteroatoms. The summed E-state index contributed by atoms with van der Waals surface area (Å²) < 4.78 is 116. The Balaban J connectivity index is 0.000000436. The number of benzene rings is 3. The van der Waals surface area contributed by atoms with Crippen LogP contribution in [0.3, 0.4) is 0 Å². The van der Waals surface area contributed by atoms with Crippen LogP contribution in [0.15, 0.2) is 59.8 Å². The van der Waals surface area contributed by atoms with Crippen LogP contribution in [0.25, 0.3) is 10.8 Å². The second kappa shape index (κ2) is 12.3. The zero-order valence-corrected chi connectivity index (χ0v) is 22.0. The highest BCUT2D eigenvalue weighted by Crippen LogP contribution is 2.50. The van der Waals surface area contributed by atoms with E-state index in [1.54, 1.807) is 17.4 Å². The number of carbonyl (C=O) groups is 2. The lowest BCUT2D eigenvalue weighted by molar-refractivity contribution is -0.276. The SMILES string of the molecule is NCC(=O)NCC(F)(F)F.O=C(O)c1ccc(C2=NOC(c3cc(Cl)cc(C(F)(F)F)c3)(C(F)(F)F)C2)c2ccccc12. The van der Waals surface area contributed by atoms with Crippen molar-refractivity contribution in [2.75, 3.05) is 13.1 Å². The average Bonchev–Trinajstić information content (AvgIpc) is 3.37. The van der Waals surface area contributed by atoms with E-state index < -0.39 is 71.7 Å². The van der Waals surface area contributed by atoms with E-state index in [1.807, 2.05) is 0 Å². The summed E-state index contributed by atoms with van der Waals surface area (Å²) in [5.41, 5.74) is -0.795. The number of hydrogen-bond donors (Lipinski definition) is 3. The third-order valence-corrected chi connectivity index (χ3v) is 6.23. The Morgan fingerprint density at radius 3 is 2.14 bits per heavy atom. The molecule has 1 aliphatic rings. The van der Waals surface area contributed by atoms with E-state index in [0.717, 1.165) is 6.07 Å². The van der Waals surface area contributed by atoms with Crippen LogP contribution in [0.1, 0.15) is 33.5 Å². The van der Waals surface area contributed by atoms with E-state index in [-0.39, 0.29) is 22.2 Å². The molecule has 0 spiro atoms. The molecule has 232 valence electrons. The number of aromatic carboxylic acids is 1. The van der Waals surface area contributed by atoms with Gasteiger partial charge in [0.15, 0.2) is 0 Å². The van der Waals surface area contributed by atoms with Gasteiger partial charge in [-0.2, -0.15) is 39.5 Å². The highest BCUT2D eigenvalue weighted by Gasteiger charge is 2.62. The van der Waals surface area contributed by atoms with E-state index >= 15 is 0 Å². The van der Waals surface area contributed by atoms with E-state index in [4.69, 9.17) is 22.2 Å². The number of oxime groups is 1. The Bertz CT molecular complexity index is 1560. The van der Waals surface area contributed by atoms with E-state index in [2.05, 4.69) is 5.16 Å². The van der Waals surface area contributed by atoms with E-state index in [0.29, 0.717) is 17.5 Å². The largest absolute Gasteiger partial charge is 0.478 e. The zero-order valence-electron chi connectivity index (χ0n) is 21.3. The van der Waals surface area contributed by atoms with Crippen molar-refractivity contribution in [2.45, 2.75) is 30.6 Å². The van der Waals surface area contributed by atoms with Crippen molar-refractivity contribution in [3.63, 3.8) is 0 Å². The summed E-state index contributed by atoms with van der Waals surface area (Å²) in [5, 5.41) is 14.6. The maximum atomic E-state index is 14.2. The maximum absolute atomic E-state index is 14.2. The van der Waals surface area contributed by atoms with Gasteiger partial charge in [-0.15, -0.1) is 0 Å². The quantitative estimate of drug-likeness (QED) is 0.278. The molecule has 43 heavy (non-hydrogen) atoms. The number of nitrogens with one attached hydrogen (secondary N) is 1. The minimum absolute atomic E-state index is 0.0689. The predicted octanol–water partition coefficient (Wildman–Crippen LogP) is 6.42. The lowest BCUT2D eigenvalue weighted by Gasteiger charge is -2.30. The standard InChI is InChI=1S/C22H12ClF6NO3.C4H7F3N2O/c23-13-8-11(7-12(9-13)21(24,25)26)20(22(27,28)29)10-18(30-33-20)16-5-6-17(19(31)32)15-4-2-1-3-14(15)16;5-4(6,7)2-9-3(10)1-8/h1-9H,10H2,(H,31,32);1-2,8H2,(H,9,10). The molecule has 1 atom stereocenters. The lowest BCUT2D eigenvalue weighted by atomic mass is 9.84. The van der Waals surface area contributed by atoms with Gasteiger partial charge in [0.1, 0.15) is 6.54 Å². The molecule has 1 aliphatic heterocycles. The molecule has 0 fully saturated rings. The number of rotatable bonds is 5. The topological polar surface area (TPSA) is 114 Å². The molecule has 4 N–H and O–H groups in total. The molecule has 0 saturated heterocycles. The van der Waals surface area contributed by atoms with Gasteiger partial charge in [0.2, 0.25) is 5.91 Å². The van der Waals surface area contributed by atoms with Crippen LogP contribution < -0.4 is 11.1 Å². The number of amides is 1. The van der Waals surface area contributed by atoms with Crippen LogP contribution in [0, 0.1) is 0 Å². The normalized spacial score (nSPS) is 17.0. The summed E-state index contributed by atoms with van der Waals surface area (Å²) in [6.07, 6.45) is -15.4. The summed E-state index contributed by atoms with van der Waals surface area (Å²) >= 11 is 5.71. The fourth-order valence-electron chi connectivity index (χ4n) is 4.04. The smallest absolute Gasteiger partial charge is 0.435 e. The third-order valence-electron chi connectivity index (χ3n) is 6.01. The van der Waals surface area contributed by atoms with Gasteiger partial charge in [-0.05, 0) is 35.0 Å². The fraction of sp³-hybridized carbons (Fsp3) is 0.269. The molecule has 0 aromatic heterocycles. The third kappa shape index (κ3) is 7.67. The lowest BCUT2D eigenvalue weighted by Crippen LogP contribution is -2.43. The van der Waals surface area contributed by atoms with Crippen molar-refractivity contribution in [1.29, 1.82) is 0 Å². The number of hydrogen-bond acceptors (Lipinski definition) is 5. The van der Waals surface area contributed by atoms with Crippen LogP contribution in [-0.2, 0) is 21.4 Å². The van der Waals surface area contributed by atoms with Crippen molar-refractivity contribution in [1.82, 2.24) is 5.32 Å². The molecule has 0 bridgehead atoms. The highest BCUT2D eigenvalue weighted by atomic mass is 35.5. The van der Waals surface area contributed by atoms with Gasteiger partial charge in [0, 0.05) is 22.6 Å². The van der Waals surface area contributed by atoms with Crippen molar-refractivity contribution >= 4 is 40.0 Å². The number of halogens is 10. The van der Waals surface area contributed by atoms with E-state index in [1.165, 1.54) is 24.3 Å². The number of carboxylic acid groups (broad SMARTS) is 1. The Morgan fingerprint density at radius 1 is 0.977 bits per heavy atom. The van der Waals surface area contributed by atoms with Gasteiger partial charge in [0.25, 0.3) is 5.60 Å². The number of carboxylic acids is 1. The molecule has 3 aromatic rings. The van der Waals surface area contributed by atoms with Crippen molar-refractivity contribution in [3.05, 3.63) is 81.9 Å². The van der Waals surface area contributed by atoms with Crippen LogP contribution in [-0.4, -0.2) is 48.1 Å². The van der Waals surface area contributed by atoms with Crippen molar-refractivity contribution in [2.24, 2.45) is 10.9 Å². The molecule has 4 rings (SSSR count). The van der Waals surface area contributed by atoms with Gasteiger partial charge in [-0.3, -0.25) is 4.79 Å². The Labute approximate surface area is 241 Å². The van der Waals surface area contributed by atoms with Gasteiger partial charge < -0.3 is 21.0 Å². The Morgan fingerprint density at radius 2 is 1.60 bits per heavy atom. The monoisotopic (exact) mass is 643 g/mol. The van der Waals surface area contributed by atoms with Crippen LogP contribution in [0.5, 0.6) is 0 Å². The summed E-state index contributed by atoms with van der Waals surface area (Å²) in [4.78, 5) is 26.5. The Hall–Kier alpha value is -4.05. The van der Waals surface area contributed by atoms with Crippen LogP contribution >= 0.6 is 11.6 Å². The second-order valence-electron chi connectivity index (χ2n) is 8.96. The first-order chi connectivity index (χ1) is 19.8. The van der Waals surface area contributed by atoms with E-state index in [9.17, 15) is 54.2 Å². The summed E-state index contributed by atoms with van der Waals surface area (Å²) in [6.45, 7) is -1.74. The number of alkyl halides is 9. The maximum Gasteiger partial charge on any atom is 0.435 e. The molecule has 1 unspecified atom stereocenters. The predicted molar refractivity (Wildman–Crippen MR) is 135 cm³/mol. The van der Waals surface area contributed by atoms with Crippen LogP contribution in [0.4, 0.5) is 39.5 Å². The second-order valence-corrected chi connectivity index (χ2v) is 9.40. The summed E-state index contributed by atoms with van der Waals surface area (Å²) in [7, 11) is 0. The molecule has 3 aromatic carbocycles. The number of carbonyl (C=O) groups excluding carboxylic acids is 1. The van der Waals surface area contributed by atoms with Gasteiger partial charge in [-0.25, -0.2) is 4.79 Å². The molecule has 1 amide bonds. The minimum Gasteiger partial charge on any atom is -0.478 e. The molecule has 0 saturated carbocycles. The minimum atomic E-state index is -5.15. The molecule has 0 radical (unpaired) electrons. The molecular formula is C26H19ClF9N3O4. The fourth-order valence-corrected chi connectivity index (χ4v) is 4.28. The first-order valence-electron chi connectivity index (χ1n) is 11.8. The molecule has 7 nitrogen and oxygen atoms in total. The van der Waals surface area contributed by atoms with Crippen LogP contribution in [0.2, 0.25) is 5.02 Å². The molecule has 1 heterocycles. The Kier molecular flexibility index (Phi) is 9.56. The first-order valence-corrected chi connectivity index (χ1v) is 12.2. The van der Waals surface area contributed by atoms with Gasteiger partial charge in [-0.1, -0.05) is 47.1 Å². The van der Waals surface area contributed by atoms with Gasteiger partial charge in [0.05, 0.1) is 23.4 Å². The number of fused-ring (bicyclic) bond motifs is 1. The number of nitrogens with two attached hydrogens (primary N) is 1. The number of nitrogens with zero attached hydrogens (tertiary/aromatic N) is 1. The molecular weight excluding hydrogens is 625 g/mol. The van der Waals surface area contributed by atoms with Crippen molar-refractivity contribution < 1.29 is 59.0 Å². The highest BCUT2D eigenvalue weighted by molar-refractivity contribution is 6.30.